The van der Waals surface area contributed by atoms with Crippen molar-refractivity contribution < 1.29 is 14.3 Å². The van der Waals surface area contributed by atoms with E-state index in [-0.39, 0.29) is 12.5 Å². The Morgan fingerprint density at radius 1 is 1.17 bits per heavy atom. The van der Waals surface area contributed by atoms with Crippen molar-refractivity contribution in [3.8, 4) is 11.5 Å². The van der Waals surface area contributed by atoms with E-state index in [1.807, 2.05) is 0 Å². The maximum absolute atomic E-state index is 12.0. The van der Waals surface area contributed by atoms with Crippen molar-refractivity contribution >= 4 is 40.2 Å². The second-order valence-corrected chi connectivity index (χ2v) is 6.07. The van der Waals surface area contributed by atoms with Gasteiger partial charge in [-0.25, -0.2) is 4.98 Å². The molecule has 0 fully saturated rings. The van der Waals surface area contributed by atoms with Crippen LogP contribution in [0.3, 0.4) is 0 Å². The van der Waals surface area contributed by atoms with Gasteiger partial charge in [-0.15, -0.1) is 0 Å². The number of hydrogen-bond donors (Lipinski definition) is 2. The highest BCUT2D eigenvalue weighted by Crippen LogP contribution is 2.29. The number of amides is 1. The molecular weight excluding hydrogens is 351 g/mol. The van der Waals surface area contributed by atoms with E-state index in [0.29, 0.717) is 51.1 Å². The minimum atomic E-state index is -0.228. The van der Waals surface area contributed by atoms with Gasteiger partial charge in [-0.1, -0.05) is 23.2 Å². The summed E-state index contributed by atoms with van der Waals surface area (Å²) in [6.45, 7) is 0.447. The molecule has 0 aliphatic heterocycles. The Kier molecular flexibility index (Phi) is 5.04. The van der Waals surface area contributed by atoms with Crippen molar-refractivity contribution in [2.75, 3.05) is 13.2 Å². The summed E-state index contributed by atoms with van der Waals surface area (Å²) >= 11 is 12.0. The van der Waals surface area contributed by atoms with Crippen LogP contribution in [0.25, 0.3) is 22.6 Å². The molecule has 0 radical (unpaired) electrons. The maximum atomic E-state index is 12.0. The van der Waals surface area contributed by atoms with Crippen molar-refractivity contribution in [3.05, 3.63) is 52.0 Å². The highest BCUT2D eigenvalue weighted by atomic mass is 35.5. The summed E-state index contributed by atoms with van der Waals surface area (Å²) in [7, 11) is 0. The molecule has 0 aliphatic carbocycles. The number of aliphatic hydroxyl groups is 1. The normalized spacial score (nSPS) is 11.0. The maximum Gasteiger partial charge on any atom is 0.251 e. The van der Waals surface area contributed by atoms with Gasteiger partial charge in [0, 0.05) is 34.3 Å². The number of benzene rings is 2. The van der Waals surface area contributed by atoms with Crippen LogP contribution in [-0.4, -0.2) is 29.1 Å². The highest BCUT2D eigenvalue weighted by molar-refractivity contribution is 6.35. The summed E-state index contributed by atoms with van der Waals surface area (Å²) in [6.07, 6.45) is 0.510. The van der Waals surface area contributed by atoms with Gasteiger partial charge in [0.15, 0.2) is 5.58 Å². The van der Waals surface area contributed by atoms with Gasteiger partial charge >= 0.3 is 0 Å². The van der Waals surface area contributed by atoms with Gasteiger partial charge in [0.05, 0.1) is 0 Å². The Balaban J connectivity index is 1.90. The first-order valence-corrected chi connectivity index (χ1v) is 8.08. The molecule has 1 aromatic heterocycles. The van der Waals surface area contributed by atoms with E-state index >= 15 is 0 Å². The summed E-state index contributed by atoms with van der Waals surface area (Å²) in [5, 5.41) is 12.4. The zero-order valence-electron chi connectivity index (χ0n) is 12.6. The standard InChI is InChI=1S/C17H14Cl2N2O3/c18-12-6-11(7-13(19)9-12)17-21-14-3-2-10(8-15(14)24-17)16(23)20-4-1-5-22/h2-3,6-9,22H,1,4-5H2,(H,20,23). The molecule has 2 N–H and O–H groups in total. The molecule has 3 aromatic rings. The number of hydrogen-bond acceptors (Lipinski definition) is 4. The number of aromatic nitrogens is 1. The number of nitrogens with one attached hydrogen (secondary N) is 1. The molecule has 0 saturated heterocycles. The van der Waals surface area contributed by atoms with Gasteiger partial charge in [-0.05, 0) is 42.8 Å². The fraction of sp³-hybridized carbons (Fsp3) is 0.176. The average Bonchev–Trinajstić information content (AvgIpc) is 2.97. The number of oxazole rings is 1. The molecule has 5 nitrogen and oxygen atoms in total. The van der Waals surface area contributed by atoms with E-state index in [2.05, 4.69) is 10.3 Å². The lowest BCUT2D eigenvalue weighted by Gasteiger charge is -2.03. The Morgan fingerprint density at radius 3 is 2.62 bits per heavy atom. The molecule has 0 aliphatic rings. The summed E-state index contributed by atoms with van der Waals surface area (Å²) in [5.74, 6) is 0.154. The SMILES string of the molecule is O=C(NCCCO)c1ccc2nc(-c3cc(Cl)cc(Cl)c3)oc2c1. The molecule has 24 heavy (non-hydrogen) atoms. The number of carbonyl (C=O) groups excluding carboxylic acids is 1. The molecule has 7 heteroatoms. The number of fused-ring (bicyclic) bond motifs is 1. The Morgan fingerprint density at radius 2 is 1.92 bits per heavy atom. The molecule has 2 aromatic carbocycles. The average molecular weight is 365 g/mol. The molecule has 0 saturated carbocycles. The summed E-state index contributed by atoms with van der Waals surface area (Å²) in [5.41, 5.74) is 2.26. The second-order valence-electron chi connectivity index (χ2n) is 5.19. The van der Waals surface area contributed by atoms with Gasteiger partial charge in [0.25, 0.3) is 5.91 Å². The predicted molar refractivity (Wildman–Crippen MR) is 93.5 cm³/mol. The van der Waals surface area contributed by atoms with Crippen molar-refractivity contribution in [2.45, 2.75) is 6.42 Å². The zero-order chi connectivity index (χ0) is 17.1. The van der Waals surface area contributed by atoms with Crippen LogP contribution in [0.4, 0.5) is 0 Å². The third-order valence-corrected chi connectivity index (χ3v) is 3.82. The summed E-state index contributed by atoms with van der Waals surface area (Å²) in [4.78, 5) is 16.4. The molecule has 0 bridgehead atoms. The van der Waals surface area contributed by atoms with Crippen LogP contribution in [-0.2, 0) is 0 Å². The fourth-order valence-electron chi connectivity index (χ4n) is 2.25. The lowest BCUT2D eigenvalue weighted by Crippen LogP contribution is -2.24. The predicted octanol–water partition coefficient (Wildman–Crippen LogP) is 3.91. The lowest BCUT2D eigenvalue weighted by atomic mass is 10.2. The minimum Gasteiger partial charge on any atom is -0.436 e. The third kappa shape index (κ3) is 3.70. The van der Waals surface area contributed by atoms with Crippen molar-refractivity contribution in [3.63, 3.8) is 0 Å². The molecule has 124 valence electrons. The number of aliphatic hydroxyl groups excluding tert-OH is 1. The molecule has 0 unspecified atom stereocenters. The van der Waals surface area contributed by atoms with Crippen LogP contribution in [0, 0.1) is 0 Å². The lowest BCUT2D eigenvalue weighted by molar-refractivity contribution is 0.0951. The van der Waals surface area contributed by atoms with E-state index in [0.717, 1.165) is 0 Å². The van der Waals surface area contributed by atoms with Gasteiger partial charge < -0.3 is 14.8 Å². The summed E-state index contributed by atoms with van der Waals surface area (Å²) in [6, 6.07) is 10.1. The van der Waals surface area contributed by atoms with Crippen LogP contribution in [0.15, 0.2) is 40.8 Å². The third-order valence-electron chi connectivity index (χ3n) is 3.38. The van der Waals surface area contributed by atoms with Crippen LogP contribution < -0.4 is 5.32 Å². The first kappa shape index (κ1) is 16.8. The van der Waals surface area contributed by atoms with Crippen molar-refractivity contribution in [2.24, 2.45) is 0 Å². The number of rotatable bonds is 5. The van der Waals surface area contributed by atoms with Gasteiger partial charge in [0.2, 0.25) is 5.89 Å². The zero-order valence-corrected chi connectivity index (χ0v) is 14.1. The van der Waals surface area contributed by atoms with Crippen LogP contribution in [0.5, 0.6) is 0 Å². The second kappa shape index (κ2) is 7.21. The first-order valence-electron chi connectivity index (χ1n) is 7.33. The Labute approximate surface area is 148 Å². The largest absolute Gasteiger partial charge is 0.436 e. The van der Waals surface area contributed by atoms with Gasteiger partial charge in [-0.2, -0.15) is 0 Å². The number of halogens is 2. The van der Waals surface area contributed by atoms with E-state index in [9.17, 15) is 4.79 Å². The quantitative estimate of drug-likeness (QED) is 0.672. The minimum absolute atomic E-state index is 0.0347. The molecule has 1 amide bonds. The summed E-state index contributed by atoms with van der Waals surface area (Å²) < 4.78 is 5.73. The molecule has 0 atom stereocenters. The Bertz CT molecular complexity index is 872. The molecule has 3 rings (SSSR count). The topological polar surface area (TPSA) is 75.4 Å². The highest BCUT2D eigenvalue weighted by Gasteiger charge is 2.12. The van der Waals surface area contributed by atoms with Gasteiger partial charge in [-0.3, -0.25) is 4.79 Å². The van der Waals surface area contributed by atoms with Crippen molar-refractivity contribution in [1.29, 1.82) is 0 Å². The van der Waals surface area contributed by atoms with E-state index in [4.69, 9.17) is 32.7 Å². The number of nitrogens with zero attached hydrogens (tertiary/aromatic N) is 1. The van der Waals surface area contributed by atoms with E-state index in [1.165, 1.54) is 0 Å². The van der Waals surface area contributed by atoms with Crippen molar-refractivity contribution in [1.82, 2.24) is 10.3 Å². The van der Waals surface area contributed by atoms with Crippen LogP contribution >= 0.6 is 23.2 Å². The monoisotopic (exact) mass is 364 g/mol. The molecule has 1 heterocycles. The van der Waals surface area contributed by atoms with Gasteiger partial charge in [0.1, 0.15) is 5.52 Å². The smallest absolute Gasteiger partial charge is 0.251 e. The molecular formula is C17H14Cl2N2O3. The Hall–Kier alpha value is -2.08. The van der Waals surface area contributed by atoms with E-state index < -0.39 is 0 Å². The number of carbonyl (C=O) groups is 1. The van der Waals surface area contributed by atoms with Crippen LogP contribution in [0.1, 0.15) is 16.8 Å². The first-order chi connectivity index (χ1) is 11.6. The van der Waals surface area contributed by atoms with E-state index in [1.54, 1.807) is 36.4 Å². The fourth-order valence-corrected chi connectivity index (χ4v) is 2.78. The molecule has 0 spiro atoms. The van der Waals surface area contributed by atoms with Crippen LogP contribution in [0.2, 0.25) is 10.0 Å².